The smallest absolute Gasteiger partial charge is 0.325 e. The van der Waals surface area contributed by atoms with Crippen LogP contribution >= 0.6 is 54.5 Å². The molecule has 0 radical (unpaired) electrons. The van der Waals surface area contributed by atoms with Crippen molar-refractivity contribution in [1.29, 1.82) is 0 Å². The topological polar surface area (TPSA) is 152 Å². The average Bonchev–Trinajstić information content (AvgIpc) is 3.38. The highest BCUT2D eigenvalue weighted by atomic mass is 35.5. The molecule has 2 aromatic carbocycles. The maximum Gasteiger partial charge on any atom is 0.325 e. The van der Waals surface area contributed by atoms with Gasteiger partial charge in [0.25, 0.3) is 0 Å². The molecule has 1 saturated heterocycles. The molecule has 3 N–H and O–H groups in total. The molecule has 1 fully saturated rings. The normalized spacial score (nSPS) is 14.0. The third-order valence-electron chi connectivity index (χ3n) is 7.10. The molecule has 3 heterocycles. The molecule has 0 saturated carbocycles. The van der Waals surface area contributed by atoms with Gasteiger partial charge in [0.15, 0.2) is 14.1 Å². The summed E-state index contributed by atoms with van der Waals surface area (Å²) in [7, 11) is -4.05. The van der Waals surface area contributed by atoms with E-state index in [1.165, 1.54) is 46.2 Å². The van der Waals surface area contributed by atoms with E-state index in [0.717, 1.165) is 39.3 Å². The minimum Gasteiger partial charge on any atom is -0.493 e. The number of hydrogen-bond donors (Lipinski definition) is 3. The first-order chi connectivity index (χ1) is 22.5. The molecule has 2 aromatic heterocycles. The van der Waals surface area contributed by atoms with Gasteiger partial charge >= 0.3 is 7.60 Å². The highest BCUT2D eigenvalue weighted by Gasteiger charge is 2.18. The number of nitrogens with one attached hydrogen (secondary N) is 1. The number of hydrogen-bond acceptors (Lipinski definition) is 12. The summed E-state index contributed by atoms with van der Waals surface area (Å²) in [6, 6.07) is 7.88. The second-order valence-electron chi connectivity index (χ2n) is 10.7. The summed E-state index contributed by atoms with van der Waals surface area (Å²) in [6.07, 6.45) is 2.35. The Bertz CT molecular complexity index is 1820. The molecule has 12 nitrogen and oxygen atoms in total. The highest BCUT2D eigenvalue weighted by molar-refractivity contribution is 8.01. The summed E-state index contributed by atoms with van der Waals surface area (Å²) in [5, 5.41) is 8.21. The van der Waals surface area contributed by atoms with Crippen molar-refractivity contribution in [2.24, 2.45) is 0 Å². The van der Waals surface area contributed by atoms with Gasteiger partial charge in [0.05, 0.1) is 36.5 Å². The van der Waals surface area contributed by atoms with Gasteiger partial charge in [-0.1, -0.05) is 34.7 Å². The van der Waals surface area contributed by atoms with Gasteiger partial charge in [0.1, 0.15) is 30.3 Å². The van der Waals surface area contributed by atoms with Crippen molar-refractivity contribution in [2.75, 3.05) is 56.7 Å². The molecule has 252 valence electrons. The standard InChI is InChI=1S/C29H33ClFN6O6PS3/c30-23-15-20(3-4-24(23)31)34-27-22-14-19(13-21(38)17-37-29(45)47-28(35-37)46-12-2-11-44(39,40)41)26(16-25(22)32-18-33-27)43-8-1-5-36-6-9-42-10-7-36/h3-4,14-16,18H,1-2,5-13,17H2,(H,32,33,34)(H2,39,40,41). The summed E-state index contributed by atoms with van der Waals surface area (Å²) in [5.74, 6) is 0.760. The van der Waals surface area contributed by atoms with Crippen molar-refractivity contribution < 1.29 is 33.0 Å². The zero-order valence-corrected chi connectivity index (χ0v) is 29.2. The lowest BCUT2D eigenvalue weighted by Gasteiger charge is -2.26. The number of thioether (sulfide) groups is 1. The summed E-state index contributed by atoms with van der Waals surface area (Å²) in [4.78, 5) is 42.7. The van der Waals surface area contributed by atoms with Crippen LogP contribution in [-0.4, -0.2) is 91.6 Å². The predicted molar refractivity (Wildman–Crippen MR) is 184 cm³/mol. The SMILES string of the molecule is O=C(Cc1cc2c(Nc3ccc(F)c(Cl)c3)ncnc2cc1OCCCN1CCOCC1)Cn1nc(SCCCP(=O)(O)O)sc1=S. The van der Waals surface area contributed by atoms with Crippen molar-refractivity contribution in [1.82, 2.24) is 24.6 Å². The van der Waals surface area contributed by atoms with E-state index >= 15 is 0 Å². The van der Waals surface area contributed by atoms with Crippen molar-refractivity contribution in [2.45, 2.75) is 30.1 Å². The van der Waals surface area contributed by atoms with Gasteiger partial charge in [0, 0.05) is 54.5 Å². The molecule has 4 aromatic rings. The molecular weight excluding hydrogens is 710 g/mol. The first-order valence-corrected chi connectivity index (χ1v) is 19.1. The van der Waals surface area contributed by atoms with Crippen LogP contribution in [0.4, 0.5) is 15.9 Å². The second-order valence-corrected chi connectivity index (χ2v) is 15.9. The molecule has 5 rings (SSSR count). The number of Topliss-reactive ketones (excluding diaryl/α,β-unsaturated/α-hetero) is 1. The van der Waals surface area contributed by atoms with Crippen LogP contribution in [0.2, 0.25) is 5.02 Å². The maximum atomic E-state index is 13.8. The number of nitrogens with zero attached hydrogens (tertiary/aromatic N) is 5. The van der Waals surface area contributed by atoms with Crippen LogP contribution in [0.3, 0.4) is 0 Å². The minimum atomic E-state index is -4.05. The Balaban J connectivity index is 1.33. The Kier molecular flexibility index (Phi) is 12.7. The molecule has 1 aliphatic rings. The number of rotatable bonds is 16. The lowest BCUT2D eigenvalue weighted by molar-refractivity contribution is -0.119. The largest absolute Gasteiger partial charge is 0.493 e. The minimum absolute atomic E-state index is 0.0233. The summed E-state index contributed by atoms with van der Waals surface area (Å²) in [5.41, 5.74) is 1.76. The third kappa shape index (κ3) is 10.7. The quantitative estimate of drug-likeness (QED) is 0.0556. The fraction of sp³-hybridized carbons (Fsp3) is 0.414. The van der Waals surface area contributed by atoms with E-state index in [-0.39, 0.29) is 29.9 Å². The highest BCUT2D eigenvalue weighted by Crippen LogP contribution is 2.36. The van der Waals surface area contributed by atoms with Crippen LogP contribution in [0, 0.1) is 9.77 Å². The van der Waals surface area contributed by atoms with Gasteiger partial charge < -0.3 is 24.6 Å². The fourth-order valence-electron chi connectivity index (χ4n) is 4.82. The molecule has 0 atom stereocenters. The lowest BCUT2D eigenvalue weighted by Crippen LogP contribution is -2.37. The molecule has 1 aliphatic heterocycles. The number of benzene rings is 2. The number of anilines is 2. The average molecular weight is 743 g/mol. The molecule has 18 heteroatoms. The second kappa shape index (κ2) is 16.7. The predicted octanol–water partition coefficient (Wildman–Crippen LogP) is 5.73. The molecule has 0 unspecified atom stereocenters. The van der Waals surface area contributed by atoms with Gasteiger partial charge in [-0.25, -0.2) is 19.0 Å². The number of morpholine rings is 1. The van der Waals surface area contributed by atoms with Gasteiger partial charge in [0.2, 0.25) is 0 Å². The van der Waals surface area contributed by atoms with Crippen molar-refractivity contribution in [3.8, 4) is 5.75 Å². The van der Waals surface area contributed by atoms with Crippen LogP contribution in [0.5, 0.6) is 5.75 Å². The van der Waals surface area contributed by atoms with E-state index in [1.807, 2.05) is 6.07 Å². The molecule has 0 spiro atoms. The van der Waals surface area contributed by atoms with Crippen LogP contribution < -0.4 is 10.1 Å². The Morgan fingerprint density at radius 3 is 2.79 bits per heavy atom. The Hall–Kier alpha value is -2.53. The number of ketones is 1. The number of aromatic nitrogens is 4. The fourth-order valence-corrected chi connectivity index (χ4v) is 8.12. The zero-order chi connectivity index (χ0) is 33.4. The van der Waals surface area contributed by atoms with Gasteiger partial charge in [-0.2, -0.15) is 5.10 Å². The first-order valence-electron chi connectivity index (χ1n) is 14.7. The van der Waals surface area contributed by atoms with E-state index in [1.54, 1.807) is 12.1 Å². The van der Waals surface area contributed by atoms with Gasteiger partial charge in [-0.15, -0.1) is 0 Å². The summed E-state index contributed by atoms with van der Waals surface area (Å²) in [6.45, 7) is 4.45. The summed E-state index contributed by atoms with van der Waals surface area (Å²) >= 11 is 14.0. The first kappa shape index (κ1) is 35.8. The van der Waals surface area contributed by atoms with Crippen molar-refractivity contribution >= 4 is 82.7 Å². The molecular formula is C29H33ClFN6O6PS3. The van der Waals surface area contributed by atoms with E-state index < -0.39 is 13.4 Å². The number of carbonyl (C=O) groups excluding carboxylic acids is 1. The Morgan fingerprint density at radius 1 is 1.21 bits per heavy atom. The Morgan fingerprint density at radius 2 is 2.02 bits per heavy atom. The zero-order valence-electron chi connectivity index (χ0n) is 25.1. The molecule has 0 amide bonds. The third-order valence-corrected chi connectivity index (χ3v) is 10.8. The van der Waals surface area contributed by atoms with Crippen LogP contribution in [-0.2, 0) is 27.1 Å². The van der Waals surface area contributed by atoms with E-state index in [9.17, 15) is 13.8 Å². The van der Waals surface area contributed by atoms with Crippen LogP contribution in [0.15, 0.2) is 41.0 Å². The molecule has 0 bridgehead atoms. The number of fused-ring (bicyclic) bond motifs is 1. The van der Waals surface area contributed by atoms with Gasteiger partial charge in [-0.05, 0) is 49.3 Å². The summed E-state index contributed by atoms with van der Waals surface area (Å²) < 4.78 is 39.0. The van der Waals surface area contributed by atoms with E-state index in [4.69, 9.17) is 43.1 Å². The van der Waals surface area contributed by atoms with E-state index in [0.29, 0.717) is 60.8 Å². The van der Waals surface area contributed by atoms with Crippen molar-refractivity contribution in [3.05, 3.63) is 57.0 Å². The maximum absolute atomic E-state index is 13.8. The number of ether oxygens (including phenoxy) is 2. The number of halogens is 2. The Labute approximate surface area is 288 Å². The van der Waals surface area contributed by atoms with Crippen LogP contribution in [0.25, 0.3) is 10.9 Å². The van der Waals surface area contributed by atoms with E-state index in [2.05, 4.69) is 25.3 Å². The lowest BCUT2D eigenvalue weighted by atomic mass is 10.0. The monoisotopic (exact) mass is 742 g/mol. The molecule has 0 aliphatic carbocycles. The van der Waals surface area contributed by atoms with Crippen molar-refractivity contribution in [3.63, 3.8) is 0 Å². The number of carbonyl (C=O) groups is 1. The van der Waals surface area contributed by atoms with Crippen LogP contribution in [0.1, 0.15) is 18.4 Å². The molecule has 47 heavy (non-hydrogen) atoms. The van der Waals surface area contributed by atoms with Gasteiger partial charge in [-0.3, -0.25) is 14.3 Å².